The number of methoxy groups -OCH3 is 2. The maximum absolute atomic E-state index is 12.3. The van der Waals surface area contributed by atoms with Crippen molar-refractivity contribution < 1.29 is 22.7 Å². The summed E-state index contributed by atoms with van der Waals surface area (Å²) in [5.41, 5.74) is 2.31. The molecule has 0 saturated carbocycles. The van der Waals surface area contributed by atoms with Gasteiger partial charge in [0.2, 0.25) is 5.91 Å². The van der Waals surface area contributed by atoms with Gasteiger partial charge in [0.1, 0.15) is 0 Å². The number of rotatable bonds is 7. The molecule has 2 aromatic carbocycles. The summed E-state index contributed by atoms with van der Waals surface area (Å²) in [5, 5.41) is 9.16. The molecular weight excluding hydrogens is 382 g/mol. The second kappa shape index (κ2) is 7.97. The van der Waals surface area contributed by atoms with Gasteiger partial charge in [0.25, 0.3) is 0 Å². The number of fused-ring (bicyclic) bond motifs is 1. The van der Waals surface area contributed by atoms with Gasteiger partial charge in [-0.3, -0.25) is 4.79 Å². The number of carbonyl (C=O) groups is 1. The zero-order valence-electron chi connectivity index (χ0n) is 15.9. The maximum atomic E-state index is 12.3. The number of hydrogen-bond donors (Lipinski definition) is 3. The van der Waals surface area contributed by atoms with Crippen molar-refractivity contribution in [1.82, 2.24) is 5.32 Å². The lowest BCUT2D eigenvalue weighted by atomic mass is 10.1. The highest BCUT2D eigenvalue weighted by atomic mass is 32.2. The van der Waals surface area contributed by atoms with Gasteiger partial charge in [-0.15, -0.1) is 0 Å². The molecule has 0 atom stereocenters. The lowest BCUT2D eigenvalue weighted by molar-refractivity contribution is -0.120. The standard InChI is InChI=1S/C19H23N3O5S/c1-4-28(24,25)13-7-5-12(6-8-13)9-18(23)22-19-20-14-10-16(26-2)17(27-3)11-15(14)21-19/h5-8,10-11,19-21H,4,9H2,1-3H3,(H,22,23). The molecule has 0 saturated heterocycles. The van der Waals surface area contributed by atoms with Crippen molar-refractivity contribution in [3.05, 3.63) is 42.0 Å². The van der Waals surface area contributed by atoms with Gasteiger partial charge in [-0.05, 0) is 17.7 Å². The molecule has 1 aliphatic heterocycles. The Morgan fingerprint density at radius 2 is 1.57 bits per heavy atom. The summed E-state index contributed by atoms with van der Waals surface area (Å²) in [6, 6.07) is 9.95. The smallest absolute Gasteiger partial charge is 0.227 e. The third-order valence-electron chi connectivity index (χ3n) is 4.46. The topological polar surface area (TPSA) is 106 Å². The van der Waals surface area contributed by atoms with E-state index in [1.54, 1.807) is 45.4 Å². The maximum Gasteiger partial charge on any atom is 0.227 e. The first-order valence-corrected chi connectivity index (χ1v) is 10.4. The summed E-state index contributed by atoms with van der Waals surface area (Å²) in [4.78, 5) is 12.6. The van der Waals surface area contributed by atoms with E-state index in [0.29, 0.717) is 11.5 Å². The number of anilines is 2. The zero-order valence-corrected chi connectivity index (χ0v) is 16.7. The summed E-state index contributed by atoms with van der Waals surface area (Å²) in [6.07, 6.45) is -0.339. The summed E-state index contributed by atoms with van der Waals surface area (Å²) < 4.78 is 34.3. The van der Waals surface area contributed by atoms with E-state index in [1.165, 1.54) is 12.1 Å². The largest absolute Gasteiger partial charge is 0.493 e. The van der Waals surface area contributed by atoms with Gasteiger partial charge < -0.3 is 25.4 Å². The molecule has 3 N–H and O–H groups in total. The van der Waals surface area contributed by atoms with Crippen LogP contribution in [0.5, 0.6) is 11.5 Å². The van der Waals surface area contributed by atoms with Crippen molar-refractivity contribution >= 4 is 27.1 Å². The highest BCUT2D eigenvalue weighted by molar-refractivity contribution is 7.91. The molecule has 2 aromatic rings. The van der Waals surface area contributed by atoms with E-state index in [4.69, 9.17) is 9.47 Å². The summed E-state index contributed by atoms with van der Waals surface area (Å²) in [6.45, 7) is 1.60. The lowest BCUT2D eigenvalue weighted by Crippen LogP contribution is -2.43. The third kappa shape index (κ3) is 4.14. The Balaban J connectivity index is 1.61. The van der Waals surface area contributed by atoms with Crippen LogP contribution in [0.4, 0.5) is 11.4 Å². The van der Waals surface area contributed by atoms with Crippen molar-refractivity contribution in [1.29, 1.82) is 0 Å². The minimum absolute atomic E-state index is 0.0436. The number of nitrogens with one attached hydrogen (secondary N) is 3. The molecule has 0 unspecified atom stereocenters. The Labute approximate surface area is 164 Å². The average Bonchev–Trinajstić information content (AvgIpc) is 3.07. The van der Waals surface area contributed by atoms with Gasteiger partial charge in [-0.2, -0.15) is 0 Å². The monoisotopic (exact) mass is 405 g/mol. The molecule has 150 valence electrons. The fraction of sp³-hybridized carbons (Fsp3) is 0.316. The van der Waals surface area contributed by atoms with Crippen LogP contribution in [-0.4, -0.2) is 40.6 Å². The summed E-state index contributed by atoms with van der Waals surface area (Å²) >= 11 is 0. The Morgan fingerprint density at radius 3 is 2.04 bits per heavy atom. The number of carbonyl (C=O) groups excluding carboxylic acids is 1. The fourth-order valence-corrected chi connectivity index (χ4v) is 3.80. The van der Waals surface area contributed by atoms with Gasteiger partial charge in [0.05, 0.1) is 42.7 Å². The molecule has 8 nitrogen and oxygen atoms in total. The van der Waals surface area contributed by atoms with E-state index in [9.17, 15) is 13.2 Å². The molecule has 0 fully saturated rings. The second-order valence-corrected chi connectivity index (χ2v) is 8.54. The highest BCUT2D eigenvalue weighted by Gasteiger charge is 2.23. The quantitative estimate of drug-likeness (QED) is 0.647. The molecule has 3 rings (SSSR count). The molecule has 0 bridgehead atoms. The number of hydrogen-bond acceptors (Lipinski definition) is 7. The Bertz CT molecular complexity index is 941. The molecule has 0 spiro atoms. The summed E-state index contributed by atoms with van der Waals surface area (Å²) in [7, 11) is -0.128. The van der Waals surface area contributed by atoms with Gasteiger partial charge in [0.15, 0.2) is 27.6 Å². The number of sulfone groups is 1. The Morgan fingerprint density at radius 1 is 1.04 bits per heavy atom. The molecule has 1 aliphatic rings. The van der Waals surface area contributed by atoms with Crippen LogP contribution in [0.3, 0.4) is 0 Å². The van der Waals surface area contributed by atoms with Crippen LogP contribution in [0, 0.1) is 0 Å². The van der Waals surface area contributed by atoms with Gasteiger partial charge >= 0.3 is 0 Å². The molecular formula is C19H23N3O5S. The van der Waals surface area contributed by atoms with Crippen LogP contribution < -0.4 is 25.4 Å². The van der Waals surface area contributed by atoms with Crippen molar-refractivity contribution in [2.24, 2.45) is 0 Å². The van der Waals surface area contributed by atoms with Crippen molar-refractivity contribution in [2.45, 2.75) is 24.5 Å². The molecule has 1 amide bonds. The second-order valence-electron chi connectivity index (χ2n) is 6.27. The highest BCUT2D eigenvalue weighted by Crippen LogP contribution is 2.39. The normalized spacial score (nSPS) is 13.2. The van der Waals surface area contributed by atoms with Crippen LogP contribution in [0.1, 0.15) is 12.5 Å². The molecule has 0 radical (unpaired) electrons. The van der Waals surface area contributed by atoms with E-state index in [2.05, 4.69) is 16.0 Å². The minimum Gasteiger partial charge on any atom is -0.493 e. The predicted octanol–water partition coefficient (Wildman–Crippen LogP) is 1.98. The van der Waals surface area contributed by atoms with Crippen LogP contribution in [0.2, 0.25) is 0 Å². The lowest BCUT2D eigenvalue weighted by Gasteiger charge is -2.14. The first-order valence-electron chi connectivity index (χ1n) is 8.76. The zero-order chi connectivity index (χ0) is 20.3. The average molecular weight is 405 g/mol. The van der Waals surface area contributed by atoms with Crippen LogP contribution in [0.25, 0.3) is 0 Å². The first-order chi connectivity index (χ1) is 13.4. The fourth-order valence-electron chi connectivity index (χ4n) is 2.92. The van der Waals surface area contributed by atoms with Crippen LogP contribution in [0.15, 0.2) is 41.3 Å². The molecule has 0 aliphatic carbocycles. The van der Waals surface area contributed by atoms with E-state index in [1.807, 2.05) is 0 Å². The van der Waals surface area contributed by atoms with E-state index >= 15 is 0 Å². The van der Waals surface area contributed by atoms with E-state index in [0.717, 1.165) is 16.9 Å². The molecule has 28 heavy (non-hydrogen) atoms. The Kier molecular flexibility index (Phi) is 5.64. The molecule has 0 aromatic heterocycles. The third-order valence-corrected chi connectivity index (χ3v) is 6.21. The van der Waals surface area contributed by atoms with E-state index < -0.39 is 16.1 Å². The summed E-state index contributed by atoms with van der Waals surface area (Å²) in [5.74, 6) is 1.01. The van der Waals surface area contributed by atoms with Gasteiger partial charge in [-0.1, -0.05) is 19.1 Å². The van der Waals surface area contributed by atoms with Gasteiger partial charge in [0, 0.05) is 12.1 Å². The van der Waals surface area contributed by atoms with Crippen LogP contribution in [-0.2, 0) is 21.1 Å². The van der Waals surface area contributed by atoms with Gasteiger partial charge in [-0.25, -0.2) is 8.42 Å². The van der Waals surface area contributed by atoms with Crippen molar-refractivity contribution in [2.75, 3.05) is 30.6 Å². The number of benzene rings is 2. The molecule has 1 heterocycles. The van der Waals surface area contributed by atoms with E-state index in [-0.39, 0.29) is 23.0 Å². The first kappa shape index (κ1) is 19.8. The number of ether oxygens (including phenoxy) is 2. The van der Waals surface area contributed by atoms with Crippen molar-refractivity contribution in [3.63, 3.8) is 0 Å². The van der Waals surface area contributed by atoms with Crippen molar-refractivity contribution in [3.8, 4) is 11.5 Å². The van der Waals surface area contributed by atoms with Crippen LogP contribution >= 0.6 is 0 Å². The molecule has 9 heteroatoms. The SMILES string of the molecule is CCS(=O)(=O)c1ccc(CC(=O)NC2Nc3cc(OC)c(OC)cc3N2)cc1. The predicted molar refractivity (Wildman–Crippen MR) is 107 cm³/mol. The number of amides is 1. The minimum atomic E-state index is -3.25. The Hall–Kier alpha value is -2.94.